The van der Waals surface area contributed by atoms with Crippen molar-refractivity contribution in [3.8, 4) is 0 Å². The van der Waals surface area contributed by atoms with Gasteiger partial charge in [-0.15, -0.1) is 11.8 Å². The van der Waals surface area contributed by atoms with E-state index >= 15 is 0 Å². The zero-order valence-corrected chi connectivity index (χ0v) is 28.3. The second-order valence-corrected chi connectivity index (χ2v) is 13.8. The standard InChI is InChI=1S/C30H53NO16S/c1-14-20(36)22(38)25(41)30(48-14)47-27-19(31-15(2)34)28(43-11-9-7-5-4-6-8-10-18(35)42-3)45-17(13-33)26(27)46-29-24(40)23(39)21(37)16(12-32)44-29/h14,16-17,19-30,32-33,36-41H,4-13H2,1-3H3,(H,31,34)/t14-,16+,17+,19+,20+,21-,22+,23-,24?,25-,26+,27+,28+,29-,30+/m0/s1. The van der Waals surface area contributed by atoms with Gasteiger partial charge in [-0.25, -0.2) is 0 Å². The first-order chi connectivity index (χ1) is 22.8. The zero-order valence-electron chi connectivity index (χ0n) is 27.5. The van der Waals surface area contributed by atoms with Crippen molar-refractivity contribution in [2.24, 2.45) is 0 Å². The van der Waals surface area contributed by atoms with Gasteiger partial charge in [-0.2, -0.15) is 0 Å². The number of amides is 1. The fourth-order valence-electron chi connectivity index (χ4n) is 5.90. The Labute approximate surface area is 283 Å². The van der Waals surface area contributed by atoms with Gasteiger partial charge in [0.25, 0.3) is 0 Å². The Hall–Kier alpha value is -1.23. The summed E-state index contributed by atoms with van der Waals surface area (Å²) in [4.78, 5) is 23.7. The van der Waals surface area contributed by atoms with Crippen LogP contribution in [0.4, 0.5) is 0 Å². The molecule has 3 heterocycles. The molecular weight excluding hydrogens is 662 g/mol. The Morgan fingerprint density at radius 1 is 0.729 bits per heavy atom. The zero-order chi connectivity index (χ0) is 35.5. The third kappa shape index (κ3) is 10.9. The number of carbonyl (C=O) groups is 2. The lowest BCUT2D eigenvalue weighted by Gasteiger charge is -2.50. The number of thioether (sulfide) groups is 1. The molecule has 0 spiro atoms. The van der Waals surface area contributed by atoms with E-state index in [2.05, 4.69) is 10.1 Å². The van der Waals surface area contributed by atoms with Crippen LogP contribution in [0.5, 0.6) is 0 Å². The summed E-state index contributed by atoms with van der Waals surface area (Å²) in [6.45, 7) is 1.65. The number of esters is 1. The maximum atomic E-state index is 12.5. The fourth-order valence-corrected chi connectivity index (χ4v) is 7.16. The quantitative estimate of drug-likeness (QED) is 0.0546. The Morgan fingerprint density at radius 2 is 1.33 bits per heavy atom. The number of aliphatic hydroxyl groups excluding tert-OH is 8. The lowest BCUT2D eigenvalue weighted by atomic mass is 9.95. The van der Waals surface area contributed by atoms with Crippen LogP contribution >= 0.6 is 11.8 Å². The third-order valence-electron chi connectivity index (χ3n) is 8.72. The summed E-state index contributed by atoms with van der Waals surface area (Å²) in [6, 6.07) is -1.15. The maximum absolute atomic E-state index is 12.5. The number of aliphatic hydroxyl groups is 8. The van der Waals surface area contributed by atoms with Crippen molar-refractivity contribution < 1.29 is 78.9 Å². The molecule has 0 aromatic heterocycles. The largest absolute Gasteiger partial charge is 0.469 e. The summed E-state index contributed by atoms with van der Waals surface area (Å²) in [5.41, 5.74) is -1.18. The summed E-state index contributed by atoms with van der Waals surface area (Å²) in [5.74, 6) is -0.763. The van der Waals surface area contributed by atoms with Gasteiger partial charge in [-0.1, -0.05) is 32.6 Å². The van der Waals surface area contributed by atoms with E-state index in [1.807, 2.05) is 0 Å². The molecule has 18 heteroatoms. The van der Waals surface area contributed by atoms with Gasteiger partial charge in [0, 0.05) is 25.2 Å². The summed E-state index contributed by atoms with van der Waals surface area (Å²) in [5, 5.41) is 85.1. The summed E-state index contributed by atoms with van der Waals surface area (Å²) in [6.07, 6.45) is -12.6. The highest BCUT2D eigenvalue weighted by molar-refractivity contribution is 8.00. The molecule has 3 rings (SSSR count). The lowest BCUT2D eigenvalue weighted by Crippen LogP contribution is -2.69. The summed E-state index contributed by atoms with van der Waals surface area (Å²) < 4.78 is 34.6. The number of carbonyl (C=O) groups excluding carboxylic acids is 2. The third-order valence-corrected chi connectivity index (χ3v) is 10.1. The van der Waals surface area contributed by atoms with E-state index < -0.39 is 109 Å². The second kappa shape index (κ2) is 20.0. The molecule has 3 aliphatic heterocycles. The van der Waals surface area contributed by atoms with E-state index in [9.17, 15) is 50.4 Å². The lowest BCUT2D eigenvalue weighted by molar-refractivity contribution is -0.353. The summed E-state index contributed by atoms with van der Waals surface area (Å²) >= 11 is 1.01. The molecule has 3 saturated heterocycles. The molecule has 0 aromatic rings. The van der Waals surface area contributed by atoms with Crippen LogP contribution in [0.15, 0.2) is 0 Å². The molecule has 3 fully saturated rings. The Morgan fingerprint density at radius 3 is 1.96 bits per heavy atom. The number of hydrogen-bond donors (Lipinski definition) is 9. The van der Waals surface area contributed by atoms with Crippen LogP contribution in [0.1, 0.15) is 58.8 Å². The molecule has 280 valence electrons. The first-order valence-electron chi connectivity index (χ1n) is 16.4. The van der Waals surface area contributed by atoms with Crippen molar-refractivity contribution in [1.29, 1.82) is 0 Å². The van der Waals surface area contributed by atoms with Gasteiger partial charge in [-0.3, -0.25) is 9.59 Å². The molecule has 15 atom stereocenters. The molecular formula is C30H53NO16S. The molecule has 0 aromatic carbocycles. The van der Waals surface area contributed by atoms with Crippen LogP contribution < -0.4 is 5.32 Å². The normalized spacial score (nSPS) is 40.4. The average Bonchev–Trinajstić information content (AvgIpc) is 3.06. The van der Waals surface area contributed by atoms with Gasteiger partial charge in [0.1, 0.15) is 66.4 Å². The predicted octanol–water partition coefficient (Wildman–Crippen LogP) is -2.76. The minimum atomic E-state index is -1.82. The van der Waals surface area contributed by atoms with Crippen molar-refractivity contribution in [3.05, 3.63) is 0 Å². The van der Waals surface area contributed by atoms with E-state index in [4.69, 9.17) is 23.7 Å². The van der Waals surface area contributed by atoms with Crippen molar-refractivity contribution in [1.82, 2.24) is 5.32 Å². The van der Waals surface area contributed by atoms with Crippen LogP contribution in [-0.4, -0.2) is 170 Å². The first-order valence-corrected chi connectivity index (χ1v) is 17.3. The topological polar surface area (TPSA) is 263 Å². The Balaban J connectivity index is 1.79. The van der Waals surface area contributed by atoms with Gasteiger partial charge < -0.3 is 74.6 Å². The number of methoxy groups -OCH3 is 1. The number of ether oxygens (including phenoxy) is 6. The minimum absolute atomic E-state index is 0.189. The summed E-state index contributed by atoms with van der Waals surface area (Å²) in [7, 11) is 1.35. The van der Waals surface area contributed by atoms with Gasteiger partial charge in [-0.05, 0) is 12.8 Å². The smallest absolute Gasteiger partial charge is 0.305 e. The van der Waals surface area contributed by atoms with Crippen molar-refractivity contribution in [3.63, 3.8) is 0 Å². The maximum Gasteiger partial charge on any atom is 0.305 e. The molecule has 17 nitrogen and oxygen atoms in total. The fraction of sp³-hybridized carbons (Fsp3) is 0.933. The van der Waals surface area contributed by atoms with E-state index in [1.54, 1.807) is 6.92 Å². The van der Waals surface area contributed by atoms with Crippen LogP contribution in [-0.2, 0) is 38.0 Å². The SMILES string of the molecule is COC(=O)CCCCCCCCO[C@@H]1O[C@H](CO)[C@@H](O[C@@H]2O[C@H](CO)[C@H](O)[C@H](O)C2O)[C@H](O[C@@H]2S[C@@H](C)[C@@H](O)[C@@H](O)[C@@H]2O)[C@H]1NC(C)=O. The number of rotatable bonds is 17. The predicted molar refractivity (Wildman–Crippen MR) is 166 cm³/mol. The van der Waals surface area contributed by atoms with E-state index in [-0.39, 0.29) is 12.6 Å². The van der Waals surface area contributed by atoms with Crippen LogP contribution in [0.2, 0.25) is 0 Å². The molecule has 0 radical (unpaired) electrons. The van der Waals surface area contributed by atoms with Gasteiger partial charge in [0.05, 0.1) is 26.4 Å². The molecule has 1 amide bonds. The molecule has 0 aliphatic carbocycles. The van der Waals surface area contributed by atoms with E-state index in [1.165, 1.54) is 14.0 Å². The molecule has 0 saturated carbocycles. The Bertz CT molecular complexity index is 981. The highest BCUT2D eigenvalue weighted by atomic mass is 32.2. The number of hydrogen-bond acceptors (Lipinski definition) is 17. The van der Waals surface area contributed by atoms with Crippen molar-refractivity contribution in [2.45, 2.75) is 149 Å². The highest BCUT2D eigenvalue weighted by Crippen LogP contribution is 2.38. The molecule has 9 N–H and O–H groups in total. The van der Waals surface area contributed by atoms with Crippen LogP contribution in [0.25, 0.3) is 0 Å². The number of nitrogens with one attached hydrogen (secondary N) is 1. The van der Waals surface area contributed by atoms with E-state index in [0.29, 0.717) is 12.8 Å². The average molecular weight is 716 g/mol. The highest BCUT2D eigenvalue weighted by Gasteiger charge is 2.54. The van der Waals surface area contributed by atoms with Crippen LogP contribution in [0.3, 0.4) is 0 Å². The molecule has 48 heavy (non-hydrogen) atoms. The van der Waals surface area contributed by atoms with Crippen molar-refractivity contribution >= 4 is 23.6 Å². The first kappa shape index (κ1) is 41.2. The van der Waals surface area contributed by atoms with Gasteiger partial charge in [0.2, 0.25) is 5.91 Å². The molecule has 3 aliphatic rings. The molecule has 1 unspecified atom stereocenters. The second-order valence-electron chi connectivity index (χ2n) is 12.4. The number of unbranched alkanes of at least 4 members (excludes halogenated alkanes) is 5. The Kier molecular flexibility index (Phi) is 17.1. The van der Waals surface area contributed by atoms with Crippen molar-refractivity contribution in [2.75, 3.05) is 26.9 Å². The van der Waals surface area contributed by atoms with Gasteiger partial charge in [0.15, 0.2) is 12.6 Å². The monoisotopic (exact) mass is 715 g/mol. The van der Waals surface area contributed by atoms with Crippen LogP contribution in [0, 0.1) is 0 Å². The van der Waals surface area contributed by atoms with Gasteiger partial charge >= 0.3 is 5.97 Å². The molecule has 0 bridgehead atoms. The van der Waals surface area contributed by atoms with E-state index in [0.717, 1.165) is 43.9 Å². The minimum Gasteiger partial charge on any atom is -0.469 e.